The van der Waals surface area contributed by atoms with Crippen LogP contribution in [0.3, 0.4) is 0 Å². The third-order valence-corrected chi connectivity index (χ3v) is 5.50. The van der Waals surface area contributed by atoms with Gasteiger partial charge in [-0.1, -0.05) is 43.2 Å². The van der Waals surface area contributed by atoms with Crippen LogP contribution in [0.25, 0.3) is 11.4 Å². The first-order valence-corrected chi connectivity index (χ1v) is 9.90. The van der Waals surface area contributed by atoms with E-state index in [0.29, 0.717) is 17.6 Å². The summed E-state index contributed by atoms with van der Waals surface area (Å²) in [6.07, 6.45) is 8.05. The largest absolute Gasteiger partial charge is 0.346 e. The van der Waals surface area contributed by atoms with Gasteiger partial charge in [0, 0.05) is 18.0 Å². The standard InChI is InChI=1S/C22H25N5O/c1-15(20-25-21(27-26-20)18-12-7-13-23-14-18)24-22(28)19(17-10-5-6-11-17)16-8-3-2-4-9-16/h2-4,7-9,12-15,17,19H,5-6,10-11H2,1H3,(H,24,28)(H,25,26,27)/t15-,19+/m1/s1. The molecule has 3 aromatic rings. The van der Waals surface area contributed by atoms with Gasteiger partial charge in [0.05, 0.1) is 12.0 Å². The zero-order valence-corrected chi connectivity index (χ0v) is 16.0. The molecular formula is C22H25N5O. The second-order valence-electron chi connectivity index (χ2n) is 7.45. The van der Waals surface area contributed by atoms with E-state index in [9.17, 15) is 4.79 Å². The number of carbonyl (C=O) groups excluding carboxylic acids is 1. The van der Waals surface area contributed by atoms with Gasteiger partial charge in [-0.25, -0.2) is 4.98 Å². The number of amides is 1. The number of nitrogens with one attached hydrogen (secondary N) is 2. The number of hydrogen-bond donors (Lipinski definition) is 2. The lowest BCUT2D eigenvalue weighted by molar-refractivity contribution is -0.124. The first-order chi connectivity index (χ1) is 13.7. The van der Waals surface area contributed by atoms with Crippen molar-refractivity contribution < 1.29 is 4.79 Å². The number of pyridine rings is 1. The van der Waals surface area contributed by atoms with Crippen molar-refractivity contribution in [1.29, 1.82) is 0 Å². The highest BCUT2D eigenvalue weighted by Gasteiger charge is 2.32. The number of aromatic amines is 1. The van der Waals surface area contributed by atoms with Crippen LogP contribution in [-0.4, -0.2) is 26.1 Å². The maximum atomic E-state index is 13.2. The lowest BCUT2D eigenvalue weighted by atomic mass is 9.84. The van der Waals surface area contributed by atoms with Crippen molar-refractivity contribution in [3.8, 4) is 11.4 Å². The molecule has 0 bridgehead atoms. The fourth-order valence-corrected chi connectivity index (χ4v) is 4.05. The van der Waals surface area contributed by atoms with Gasteiger partial charge in [0.25, 0.3) is 0 Å². The molecule has 1 aliphatic rings. The predicted octanol–water partition coefficient (Wildman–Crippen LogP) is 4.02. The molecule has 1 saturated carbocycles. The van der Waals surface area contributed by atoms with E-state index in [1.165, 1.54) is 12.8 Å². The minimum absolute atomic E-state index is 0.0601. The minimum atomic E-state index is -0.252. The number of hydrogen-bond acceptors (Lipinski definition) is 4. The summed E-state index contributed by atoms with van der Waals surface area (Å²) in [4.78, 5) is 21.9. The molecule has 4 rings (SSSR count). The zero-order valence-electron chi connectivity index (χ0n) is 16.0. The summed E-state index contributed by atoms with van der Waals surface area (Å²) < 4.78 is 0. The van der Waals surface area contributed by atoms with Crippen molar-refractivity contribution in [2.45, 2.75) is 44.6 Å². The fourth-order valence-electron chi connectivity index (χ4n) is 4.05. The van der Waals surface area contributed by atoms with Gasteiger partial charge in [-0.2, -0.15) is 5.10 Å². The Labute approximate surface area is 164 Å². The average Bonchev–Trinajstić information content (AvgIpc) is 3.42. The maximum absolute atomic E-state index is 13.2. The van der Waals surface area contributed by atoms with Crippen molar-refractivity contribution in [3.63, 3.8) is 0 Å². The Morgan fingerprint density at radius 3 is 2.64 bits per heavy atom. The summed E-state index contributed by atoms with van der Waals surface area (Å²) >= 11 is 0. The van der Waals surface area contributed by atoms with E-state index in [0.717, 1.165) is 24.0 Å². The monoisotopic (exact) mass is 375 g/mol. The molecule has 2 aromatic heterocycles. The van der Waals surface area contributed by atoms with Gasteiger partial charge in [-0.15, -0.1) is 0 Å². The molecule has 144 valence electrons. The average molecular weight is 375 g/mol. The van der Waals surface area contributed by atoms with Crippen LogP contribution in [0.5, 0.6) is 0 Å². The number of aromatic nitrogens is 4. The number of benzene rings is 1. The van der Waals surface area contributed by atoms with Gasteiger partial charge >= 0.3 is 0 Å². The van der Waals surface area contributed by atoms with Crippen LogP contribution in [0.2, 0.25) is 0 Å². The highest BCUT2D eigenvalue weighted by molar-refractivity contribution is 5.84. The van der Waals surface area contributed by atoms with E-state index >= 15 is 0 Å². The van der Waals surface area contributed by atoms with E-state index in [1.807, 2.05) is 37.3 Å². The first kappa shape index (κ1) is 18.3. The highest BCUT2D eigenvalue weighted by Crippen LogP contribution is 2.37. The van der Waals surface area contributed by atoms with E-state index in [2.05, 4.69) is 37.6 Å². The van der Waals surface area contributed by atoms with Crippen molar-refractivity contribution in [2.24, 2.45) is 5.92 Å². The molecule has 0 spiro atoms. The molecule has 0 saturated heterocycles. The molecular weight excluding hydrogens is 350 g/mol. The fraction of sp³-hybridized carbons (Fsp3) is 0.364. The maximum Gasteiger partial charge on any atom is 0.228 e. The Bertz CT molecular complexity index is 903. The molecule has 0 radical (unpaired) electrons. The SMILES string of the molecule is C[C@@H](NC(=O)[C@@H](c1ccccc1)C1CCCC1)c1nc(-c2cccnc2)n[nH]1. The predicted molar refractivity (Wildman–Crippen MR) is 107 cm³/mol. The highest BCUT2D eigenvalue weighted by atomic mass is 16.2. The second-order valence-corrected chi connectivity index (χ2v) is 7.45. The molecule has 1 aliphatic carbocycles. The second kappa shape index (κ2) is 8.33. The van der Waals surface area contributed by atoms with Gasteiger partial charge in [0.2, 0.25) is 5.91 Å². The van der Waals surface area contributed by atoms with Crippen LogP contribution in [0, 0.1) is 5.92 Å². The Kier molecular flexibility index (Phi) is 5.46. The van der Waals surface area contributed by atoms with Gasteiger partial charge in [0.15, 0.2) is 5.82 Å². The zero-order chi connectivity index (χ0) is 19.3. The topological polar surface area (TPSA) is 83.6 Å². The molecule has 6 heteroatoms. The number of nitrogens with zero attached hydrogens (tertiary/aromatic N) is 3. The van der Waals surface area contributed by atoms with Crippen LogP contribution in [0.15, 0.2) is 54.9 Å². The third kappa shape index (κ3) is 3.96. The molecule has 1 aromatic carbocycles. The lowest BCUT2D eigenvalue weighted by Gasteiger charge is -2.24. The Morgan fingerprint density at radius 2 is 1.93 bits per heavy atom. The number of carbonyl (C=O) groups is 1. The summed E-state index contributed by atoms with van der Waals surface area (Å²) in [5.41, 5.74) is 1.93. The number of rotatable bonds is 6. The Morgan fingerprint density at radius 1 is 1.14 bits per heavy atom. The molecule has 0 unspecified atom stereocenters. The van der Waals surface area contributed by atoms with Gasteiger partial charge in [0.1, 0.15) is 5.82 Å². The normalized spacial score (nSPS) is 16.6. The smallest absolute Gasteiger partial charge is 0.228 e. The van der Waals surface area contributed by atoms with Crippen molar-refractivity contribution in [2.75, 3.05) is 0 Å². The van der Waals surface area contributed by atoms with E-state index in [-0.39, 0.29) is 17.9 Å². The van der Waals surface area contributed by atoms with Gasteiger partial charge < -0.3 is 5.32 Å². The van der Waals surface area contributed by atoms with Crippen LogP contribution in [-0.2, 0) is 4.79 Å². The number of H-pyrrole nitrogens is 1. The Balaban J connectivity index is 1.50. The van der Waals surface area contributed by atoms with Crippen molar-refractivity contribution in [1.82, 2.24) is 25.5 Å². The molecule has 2 N–H and O–H groups in total. The quantitative estimate of drug-likeness (QED) is 0.682. The minimum Gasteiger partial charge on any atom is -0.346 e. The van der Waals surface area contributed by atoms with Crippen LogP contribution in [0.4, 0.5) is 0 Å². The van der Waals surface area contributed by atoms with Gasteiger partial charge in [-0.05, 0) is 43.4 Å². The summed E-state index contributed by atoms with van der Waals surface area (Å²) in [7, 11) is 0. The molecule has 0 aliphatic heterocycles. The van der Waals surface area contributed by atoms with E-state index in [1.54, 1.807) is 12.4 Å². The molecule has 1 amide bonds. The molecule has 1 fully saturated rings. The first-order valence-electron chi connectivity index (χ1n) is 9.90. The van der Waals surface area contributed by atoms with Crippen LogP contribution in [0.1, 0.15) is 56.0 Å². The molecule has 6 nitrogen and oxygen atoms in total. The summed E-state index contributed by atoms with van der Waals surface area (Å²) in [5, 5.41) is 10.4. The molecule has 2 atom stereocenters. The van der Waals surface area contributed by atoms with E-state index in [4.69, 9.17) is 0 Å². The lowest BCUT2D eigenvalue weighted by Crippen LogP contribution is -2.35. The van der Waals surface area contributed by atoms with Crippen LogP contribution < -0.4 is 5.32 Å². The molecule has 2 heterocycles. The summed E-state index contributed by atoms with van der Waals surface area (Å²) in [6.45, 7) is 1.93. The Hall–Kier alpha value is -3.02. The van der Waals surface area contributed by atoms with E-state index < -0.39 is 0 Å². The molecule has 28 heavy (non-hydrogen) atoms. The van der Waals surface area contributed by atoms with Gasteiger partial charge in [-0.3, -0.25) is 14.9 Å². The van der Waals surface area contributed by atoms with Crippen molar-refractivity contribution >= 4 is 5.91 Å². The third-order valence-electron chi connectivity index (χ3n) is 5.50. The van der Waals surface area contributed by atoms with Crippen molar-refractivity contribution in [3.05, 3.63) is 66.2 Å². The summed E-state index contributed by atoms with van der Waals surface area (Å²) in [6, 6.07) is 13.6. The van der Waals surface area contributed by atoms with Crippen LogP contribution >= 0.6 is 0 Å². The summed E-state index contributed by atoms with van der Waals surface area (Å²) in [5.74, 6) is 1.57.